The lowest BCUT2D eigenvalue weighted by molar-refractivity contribution is 0.0719. The summed E-state index contributed by atoms with van der Waals surface area (Å²) < 4.78 is 0. The number of piperidine rings is 1. The third-order valence-corrected chi connectivity index (χ3v) is 4.23. The van der Waals surface area contributed by atoms with E-state index in [1.165, 1.54) is 0 Å². The zero-order valence-corrected chi connectivity index (χ0v) is 14.4. The van der Waals surface area contributed by atoms with Crippen molar-refractivity contribution >= 4 is 6.03 Å². The van der Waals surface area contributed by atoms with Gasteiger partial charge in [-0.2, -0.15) is 0 Å². The molecule has 0 aliphatic carbocycles. The Bertz CT molecular complexity index is 319. The highest BCUT2D eigenvalue weighted by molar-refractivity contribution is 5.74. The molecule has 0 atom stereocenters. The number of nitrogens with zero attached hydrogens (tertiary/aromatic N) is 2. The van der Waals surface area contributed by atoms with Gasteiger partial charge in [-0.05, 0) is 61.3 Å². The monoisotopic (exact) mass is 283 g/mol. The van der Waals surface area contributed by atoms with E-state index >= 15 is 0 Å². The largest absolute Gasteiger partial charge is 0.325 e. The number of urea groups is 1. The van der Waals surface area contributed by atoms with Crippen LogP contribution in [0.25, 0.3) is 0 Å². The fraction of sp³-hybridized carbons (Fsp3) is 0.938. The molecule has 0 saturated carbocycles. The summed E-state index contributed by atoms with van der Waals surface area (Å²) in [6, 6.07) is 0.510. The van der Waals surface area contributed by atoms with Crippen molar-refractivity contribution in [2.24, 2.45) is 0 Å². The minimum Gasteiger partial charge on any atom is -0.325 e. The summed E-state index contributed by atoms with van der Waals surface area (Å²) in [5.74, 6) is 0. The molecule has 118 valence electrons. The highest BCUT2D eigenvalue weighted by atomic mass is 16.2. The molecule has 0 aromatic carbocycles. The quantitative estimate of drug-likeness (QED) is 0.860. The van der Waals surface area contributed by atoms with Crippen molar-refractivity contribution in [3.05, 3.63) is 0 Å². The highest BCUT2D eigenvalue weighted by Gasteiger charge is 2.41. The smallest absolute Gasteiger partial charge is 0.320 e. The molecular formula is C16H33N3O. The number of rotatable bonds is 4. The average molecular weight is 283 g/mol. The fourth-order valence-corrected chi connectivity index (χ4v) is 3.71. The summed E-state index contributed by atoms with van der Waals surface area (Å²) in [6.45, 7) is 17.5. The third kappa shape index (κ3) is 4.11. The van der Waals surface area contributed by atoms with Gasteiger partial charge in [-0.1, -0.05) is 0 Å². The van der Waals surface area contributed by atoms with E-state index < -0.39 is 0 Å². The highest BCUT2D eigenvalue weighted by Crippen LogP contribution is 2.31. The predicted molar refractivity (Wildman–Crippen MR) is 85.0 cm³/mol. The SMILES string of the molecule is CCN(CC)C(=O)N(CC)C1CC(C)(C)NC(C)(C)C1. The van der Waals surface area contributed by atoms with Crippen LogP contribution in [0.1, 0.15) is 61.3 Å². The number of hydrogen-bond acceptors (Lipinski definition) is 2. The van der Waals surface area contributed by atoms with Crippen LogP contribution in [-0.2, 0) is 0 Å². The van der Waals surface area contributed by atoms with Crippen LogP contribution in [0.2, 0.25) is 0 Å². The first kappa shape index (κ1) is 17.3. The van der Waals surface area contributed by atoms with Crippen molar-refractivity contribution < 1.29 is 4.79 Å². The zero-order chi connectivity index (χ0) is 15.6. The van der Waals surface area contributed by atoms with Crippen molar-refractivity contribution in [2.75, 3.05) is 19.6 Å². The van der Waals surface area contributed by atoms with E-state index in [0.29, 0.717) is 6.04 Å². The minimum absolute atomic E-state index is 0.0728. The molecule has 1 rings (SSSR count). The first-order valence-electron chi connectivity index (χ1n) is 8.00. The van der Waals surface area contributed by atoms with Gasteiger partial charge in [-0.3, -0.25) is 0 Å². The Balaban J connectivity index is 2.91. The van der Waals surface area contributed by atoms with Gasteiger partial charge in [0.1, 0.15) is 0 Å². The molecule has 2 amide bonds. The van der Waals surface area contributed by atoms with E-state index in [1.54, 1.807) is 0 Å². The molecule has 1 aliphatic rings. The maximum absolute atomic E-state index is 12.7. The molecule has 4 nitrogen and oxygen atoms in total. The number of hydrogen-bond donors (Lipinski definition) is 1. The summed E-state index contributed by atoms with van der Waals surface area (Å²) in [6.07, 6.45) is 2.02. The minimum atomic E-state index is 0.0728. The molecule has 0 bridgehead atoms. The Morgan fingerprint density at radius 2 is 1.45 bits per heavy atom. The second-order valence-corrected chi connectivity index (χ2v) is 7.20. The molecule has 1 heterocycles. The van der Waals surface area contributed by atoms with E-state index in [2.05, 4.69) is 44.8 Å². The normalized spacial score (nSPS) is 21.6. The fourth-order valence-electron chi connectivity index (χ4n) is 3.71. The first-order chi connectivity index (χ1) is 9.15. The van der Waals surface area contributed by atoms with Gasteiger partial charge in [0.15, 0.2) is 0 Å². The molecule has 20 heavy (non-hydrogen) atoms. The molecule has 0 unspecified atom stereocenters. The average Bonchev–Trinajstić information content (AvgIpc) is 2.27. The van der Waals surface area contributed by atoms with Gasteiger partial charge in [-0.15, -0.1) is 0 Å². The summed E-state index contributed by atoms with van der Waals surface area (Å²) in [5, 5.41) is 3.69. The van der Waals surface area contributed by atoms with E-state index in [4.69, 9.17) is 0 Å². The summed E-state index contributed by atoms with van der Waals surface area (Å²) in [7, 11) is 0. The van der Waals surface area contributed by atoms with E-state index in [9.17, 15) is 4.79 Å². The van der Waals surface area contributed by atoms with Crippen LogP contribution in [0.5, 0.6) is 0 Å². The molecule has 0 radical (unpaired) electrons. The van der Waals surface area contributed by atoms with Crippen LogP contribution in [0.3, 0.4) is 0 Å². The van der Waals surface area contributed by atoms with Crippen molar-refractivity contribution in [2.45, 2.75) is 78.4 Å². The second-order valence-electron chi connectivity index (χ2n) is 7.20. The van der Waals surface area contributed by atoms with Crippen molar-refractivity contribution in [3.8, 4) is 0 Å². The number of nitrogens with one attached hydrogen (secondary N) is 1. The van der Waals surface area contributed by atoms with Crippen LogP contribution >= 0.6 is 0 Å². The first-order valence-corrected chi connectivity index (χ1v) is 8.00. The van der Waals surface area contributed by atoms with Crippen LogP contribution in [0.15, 0.2) is 0 Å². The molecule has 1 N–H and O–H groups in total. The van der Waals surface area contributed by atoms with E-state index in [0.717, 1.165) is 32.5 Å². The second kappa shape index (κ2) is 6.33. The zero-order valence-electron chi connectivity index (χ0n) is 14.4. The Morgan fingerprint density at radius 1 is 1.00 bits per heavy atom. The van der Waals surface area contributed by atoms with Gasteiger partial charge in [-0.25, -0.2) is 4.79 Å². The Labute approximate surface area is 124 Å². The summed E-state index contributed by atoms with van der Waals surface area (Å²) >= 11 is 0. The van der Waals surface area contributed by atoms with Gasteiger partial charge in [0.25, 0.3) is 0 Å². The van der Waals surface area contributed by atoms with Crippen LogP contribution < -0.4 is 5.32 Å². The number of carbonyl (C=O) groups is 1. The maximum Gasteiger partial charge on any atom is 0.320 e. The topological polar surface area (TPSA) is 35.6 Å². The van der Waals surface area contributed by atoms with Gasteiger partial charge in [0, 0.05) is 36.8 Å². The molecular weight excluding hydrogens is 250 g/mol. The Morgan fingerprint density at radius 3 is 1.80 bits per heavy atom. The number of amides is 2. The predicted octanol–water partition coefficient (Wildman–Crippen LogP) is 3.08. The Hall–Kier alpha value is -0.770. The van der Waals surface area contributed by atoms with Gasteiger partial charge in [0.05, 0.1) is 0 Å². The van der Waals surface area contributed by atoms with Crippen molar-refractivity contribution in [1.82, 2.24) is 15.1 Å². The van der Waals surface area contributed by atoms with E-state index in [-0.39, 0.29) is 17.1 Å². The van der Waals surface area contributed by atoms with E-state index in [1.807, 2.05) is 18.7 Å². The molecule has 0 aromatic rings. The van der Waals surface area contributed by atoms with Gasteiger partial charge >= 0.3 is 6.03 Å². The van der Waals surface area contributed by atoms with Crippen LogP contribution in [-0.4, -0.2) is 52.6 Å². The van der Waals surface area contributed by atoms with Gasteiger partial charge < -0.3 is 15.1 Å². The standard InChI is InChI=1S/C16H33N3O/c1-8-18(9-2)14(20)19(10-3)13-11-15(4,5)17-16(6,7)12-13/h13,17H,8-12H2,1-7H3. The molecule has 1 fully saturated rings. The molecule has 4 heteroatoms. The number of carbonyl (C=O) groups excluding carboxylic acids is 1. The molecule has 1 saturated heterocycles. The van der Waals surface area contributed by atoms with Crippen molar-refractivity contribution in [1.29, 1.82) is 0 Å². The molecule has 0 spiro atoms. The lowest BCUT2D eigenvalue weighted by Crippen LogP contribution is -2.63. The maximum atomic E-state index is 12.7. The Kier molecular flexibility index (Phi) is 5.47. The third-order valence-electron chi connectivity index (χ3n) is 4.23. The molecule has 0 aromatic heterocycles. The van der Waals surface area contributed by atoms with Crippen molar-refractivity contribution in [3.63, 3.8) is 0 Å². The lowest BCUT2D eigenvalue weighted by Gasteiger charge is -2.50. The summed E-state index contributed by atoms with van der Waals surface area (Å²) in [5.41, 5.74) is 0.146. The summed E-state index contributed by atoms with van der Waals surface area (Å²) in [4.78, 5) is 16.7. The lowest BCUT2D eigenvalue weighted by atomic mass is 9.79. The molecule has 1 aliphatic heterocycles. The van der Waals surface area contributed by atoms with Crippen LogP contribution in [0.4, 0.5) is 4.79 Å². The van der Waals surface area contributed by atoms with Gasteiger partial charge in [0.2, 0.25) is 0 Å². The van der Waals surface area contributed by atoms with Crippen LogP contribution in [0, 0.1) is 0 Å².